The molecule has 1 aromatic heterocycles. The third kappa shape index (κ3) is 2.81. The van der Waals surface area contributed by atoms with Crippen LogP contribution in [-0.2, 0) is 4.79 Å². The number of nitrogens with zero attached hydrogens (tertiary/aromatic N) is 2. The van der Waals surface area contributed by atoms with Crippen LogP contribution >= 0.6 is 0 Å². The highest BCUT2D eigenvalue weighted by Gasteiger charge is 2.34. The minimum Gasteiger partial charge on any atom is -0.478 e. The zero-order valence-electron chi connectivity index (χ0n) is 14.5. The Morgan fingerprint density at radius 1 is 1.21 bits per heavy atom. The first-order valence-electron chi connectivity index (χ1n) is 8.53. The van der Waals surface area contributed by atoms with Crippen LogP contribution in [0.1, 0.15) is 39.5 Å². The summed E-state index contributed by atoms with van der Waals surface area (Å²) >= 11 is 0. The monoisotopic (exact) mass is 375 g/mol. The van der Waals surface area contributed by atoms with Gasteiger partial charge in [0.1, 0.15) is 11.4 Å². The molecule has 7 heteroatoms. The van der Waals surface area contributed by atoms with Gasteiger partial charge in [-0.2, -0.15) is 5.26 Å². The first-order chi connectivity index (χ1) is 13.5. The lowest BCUT2D eigenvalue weighted by atomic mass is 9.88. The highest BCUT2D eigenvalue weighted by atomic mass is 19.1. The smallest absolute Gasteiger partial charge is 0.339 e. The van der Waals surface area contributed by atoms with E-state index in [1.807, 2.05) is 6.07 Å². The van der Waals surface area contributed by atoms with E-state index in [-0.39, 0.29) is 29.3 Å². The van der Waals surface area contributed by atoms with E-state index in [1.165, 1.54) is 16.8 Å². The van der Waals surface area contributed by atoms with E-state index >= 15 is 0 Å². The fraction of sp³-hybridized carbons (Fsp3) is 0.0952. The van der Waals surface area contributed by atoms with Crippen LogP contribution < -0.4 is 5.32 Å². The molecule has 0 aliphatic carbocycles. The summed E-state index contributed by atoms with van der Waals surface area (Å²) in [6.07, 6.45) is 1.41. The molecule has 1 aliphatic rings. The van der Waals surface area contributed by atoms with E-state index < -0.39 is 17.7 Å². The maximum atomic E-state index is 14.5. The molecule has 1 amide bonds. The molecule has 0 fully saturated rings. The standard InChI is InChI=1S/C21H14FN3O3/c22-16-3-1-2-4-17(16)25-11-15(21(27)28)19-20(25)14(9-18(26)24-19)13-7-5-12(10-23)6-8-13/h1-8,11,14H,9H2,(H,24,26)(H,27,28)/t14-/m0/s1. The molecule has 1 aliphatic heterocycles. The number of halogens is 1. The van der Waals surface area contributed by atoms with Gasteiger partial charge in [-0.25, -0.2) is 9.18 Å². The van der Waals surface area contributed by atoms with Crippen LogP contribution in [0.5, 0.6) is 0 Å². The number of carboxylic acids is 1. The van der Waals surface area contributed by atoms with Gasteiger partial charge < -0.3 is 15.0 Å². The van der Waals surface area contributed by atoms with E-state index in [4.69, 9.17) is 5.26 Å². The normalized spacial score (nSPS) is 15.4. The van der Waals surface area contributed by atoms with Crippen molar-refractivity contribution in [3.8, 4) is 11.8 Å². The molecule has 0 radical (unpaired) electrons. The van der Waals surface area contributed by atoms with Gasteiger partial charge in [0.25, 0.3) is 0 Å². The fourth-order valence-corrected chi connectivity index (χ4v) is 3.54. The maximum Gasteiger partial charge on any atom is 0.339 e. The molecule has 2 heterocycles. The fourth-order valence-electron chi connectivity index (χ4n) is 3.54. The van der Waals surface area contributed by atoms with Crippen LogP contribution in [-0.4, -0.2) is 21.6 Å². The van der Waals surface area contributed by atoms with Gasteiger partial charge in [0, 0.05) is 18.5 Å². The number of hydrogen-bond acceptors (Lipinski definition) is 3. The van der Waals surface area contributed by atoms with Crippen molar-refractivity contribution in [2.45, 2.75) is 12.3 Å². The van der Waals surface area contributed by atoms with Gasteiger partial charge in [-0.15, -0.1) is 0 Å². The number of anilines is 1. The second-order valence-electron chi connectivity index (χ2n) is 6.47. The number of aromatic carboxylic acids is 1. The average molecular weight is 375 g/mol. The maximum absolute atomic E-state index is 14.5. The summed E-state index contributed by atoms with van der Waals surface area (Å²) in [6, 6.07) is 14.8. The van der Waals surface area contributed by atoms with Gasteiger partial charge in [0.15, 0.2) is 0 Å². The van der Waals surface area contributed by atoms with Crippen molar-refractivity contribution < 1.29 is 19.1 Å². The first kappa shape index (κ1) is 17.5. The second kappa shape index (κ2) is 6.67. The zero-order chi connectivity index (χ0) is 19.8. The summed E-state index contributed by atoms with van der Waals surface area (Å²) in [5, 5.41) is 21.2. The quantitative estimate of drug-likeness (QED) is 0.730. The topological polar surface area (TPSA) is 95.1 Å². The number of nitriles is 1. The lowest BCUT2D eigenvalue weighted by Crippen LogP contribution is -2.25. The number of rotatable bonds is 3. The van der Waals surface area contributed by atoms with Gasteiger partial charge in [0.2, 0.25) is 5.91 Å². The number of carboxylic acid groups (broad SMARTS) is 1. The summed E-state index contributed by atoms with van der Waals surface area (Å²) in [5.74, 6) is -2.53. The molecule has 0 unspecified atom stereocenters. The van der Waals surface area contributed by atoms with Crippen molar-refractivity contribution in [2.24, 2.45) is 0 Å². The Kier molecular flexibility index (Phi) is 4.17. The van der Waals surface area contributed by atoms with Gasteiger partial charge in [-0.05, 0) is 29.8 Å². The van der Waals surface area contributed by atoms with Crippen molar-refractivity contribution in [1.82, 2.24) is 4.57 Å². The van der Waals surface area contributed by atoms with Gasteiger partial charge >= 0.3 is 5.97 Å². The summed E-state index contributed by atoms with van der Waals surface area (Å²) in [5.41, 5.74) is 1.96. The van der Waals surface area contributed by atoms with Gasteiger partial charge in [0.05, 0.1) is 28.7 Å². The number of fused-ring (bicyclic) bond motifs is 1. The van der Waals surface area contributed by atoms with E-state index in [1.54, 1.807) is 42.5 Å². The highest BCUT2D eigenvalue weighted by molar-refractivity contribution is 6.04. The summed E-state index contributed by atoms with van der Waals surface area (Å²) in [6.45, 7) is 0. The van der Waals surface area contributed by atoms with Crippen molar-refractivity contribution in [3.63, 3.8) is 0 Å². The second-order valence-corrected chi connectivity index (χ2v) is 6.47. The summed E-state index contributed by atoms with van der Waals surface area (Å²) in [7, 11) is 0. The molecular weight excluding hydrogens is 361 g/mol. The molecule has 4 rings (SSSR count). The molecule has 0 saturated heterocycles. The molecule has 2 N–H and O–H groups in total. The molecule has 28 heavy (non-hydrogen) atoms. The van der Waals surface area contributed by atoms with E-state index in [0.717, 1.165) is 5.56 Å². The number of amides is 1. The van der Waals surface area contributed by atoms with Crippen LogP contribution in [0.2, 0.25) is 0 Å². The van der Waals surface area contributed by atoms with Crippen molar-refractivity contribution in [2.75, 3.05) is 5.32 Å². The SMILES string of the molecule is N#Cc1ccc([C@@H]2CC(=O)Nc3c(C(=O)O)cn(-c4ccccc4F)c32)cc1. The van der Waals surface area contributed by atoms with Crippen molar-refractivity contribution in [1.29, 1.82) is 5.26 Å². The molecule has 2 aromatic carbocycles. The van der Waals surface area contributed by atoms with E-state index in [0.29, 0.717) is 11.3 Å². The Bertz CT molecular complexity index is 1140. The van der Waals surface area contributed by atoms with Crippen LogP contribution in [0, 0.1) is 17.1 Å². The summed E-state index contributed by atoms with van der Waals surface area (Å²) < 4.78 is 16.0. The van der Waals surface area contributed by atoms with E-state index in [9.17, 15) is 19.1 Å². The number of carbonyl (C=O) groups excluding carboxylic acids is 1. The molecule has 1 atom stereocenters. The molecular formula is C21H14FN3O3. The zero-order valence-corrected chi connectivity index (χ0v) is 14.5. The van der Waals surface area contributed by atoms with Crippen LogP contribution in [0.3, 0.4) is 0 Å². The molecule has 0 spiro atoms. The first-order valence-corrected chi connectivity index (χ1v) is 8.53. The minimum atomic E-state index is -1.22. The number of nitrogens with one attached hydrogen (secondary N) is 1. The Morgan fingerprint density at radius 2 is 1.93 bits per heavy atom. The Morgan fingerprint density at radius 3 is 2.57 bits per heavy atom. The van der Waals surface area contributed by atoms with Crippen LogP contribution in [0.15, 0.2) is 54.7 Å². The summed E-state index contributed by atoms with van der Waals surface area (Å²) in [4.78, 5) is 24.0. The Hall–Kier alpha value is -3.92. The third-order valence-corrected chi connectivity index (χ3v) is 4.81. The number of aromatic nitrogens is 1. The minimum absolute atomic E-state index is 0.0798. The van der Waals surface area contributed by atoms with Crippen LogP contribution in [0.25, 0.3) is 5.69 Å². The number of para-hydroxylation sites is 1. The third-order valence-electron chi connectivity index (χ3n) is 4.81. The largest absolute Gasteiger partial charge is 0.478 e. The average Bonchev–Trinajstić information content (AvgIpc) is 3.07. The van der Waals surface area contributed by atoms with E-state index in [2.05, 4.69) is 5.32 Å². The molecule has 138 valence electrons. The molecule has 3 aromatic rings. The molecule has 0 saturated carbocycles. The number of carbonyl (C=O) groups is 2. The number of benzene rings is 2. The predicted molar refractivity (Wildman–Crippen MR) is 98.9 cm³/mol. The number of hydrogen-bond donors (Lipinski definition) is 2. The predicted octanol–water partition coefficient (Wildman–Crippen LogP) is 3.66. The lowest BCUT2D eigenvalue weighted by Gasteiger charge is -2.26. The van der Waals surface area contributed by atoms with Crippen LogP contribution in [0.4, 0.5) is 10.1 Å². The molecule has 6 nitrogen and oxygen atoms in total. The Balaban J connectivity index is 1.97. The van der Waals surface area contributed by atoms with Gasteiger partial charge in [-0.1, -0.05) is 24.3 Å². The highest BCUT2D eigenvalue weighted by Crippen LogP contribution is 2.41. The Labute approximate surface area is 159 Å². The van der Waals surface area contributed by atoms with Gasteiger partial charge in [-0.3, -0.25) is 4.79 Å². The van der Waals surface area contributed by atoms with Crippen molar-refractivity contribution >= 4 is 17.6 Å². The molecule has 0 bridgehead atoms. The lowest BCUT2D eigenvalue weighted by molar-refractivity contribution is -0.116. The van der Waals surface area contributed by atoms with Crippen molar-refractivity contribution in [3.05, 3.63) is 82.9 Å².